The van der Waals surface area contributed by atoms with E-state index in [1.807, 2.05) is 40.8 Å². The van der Waals surface area contributed by atoms with Crippen LogP contribution >= 0.6 is 11.8 Å². The number of thioether (sulfide) groups is 1. The summed E-state index contributed by atoms with van der Waals surface area (Å²) in [6, 6.07) is 8.07. The molecule has 3 aromatic rings. The smallest absolute Gasteiger partial charge is 0.233 e. The van der Waals surface area contributed by atoms with Crippen molar-refractivity contribution >= 4 is 39.7 Å². The number of hydrogen-bond acceptors (Lipinski definition) is 5. The van der Waals surface area contributed by atoms with Crippen molar-refractivity contribution in [2.45, 2.75) is 24.9 Å². The van der Waals surface area contributed by atoms with Crippen LogP contribution in [0.2, 0.25) is 0 Å². The van der Waals surface area contributed by atoms with Gasteiger partial charge in [0.05, 0.1) is 11.3 Å². The molecule has 1 aromatic carbocycles. The van der Waals surface area contributed by atoms with Crippen molar-refractivity contribution in [3.63, 3.8) is 0 Å². The van der Waals surface area contributed by atoms with Gasteiger partial charge in [-0.3, -0.25) is 4.79 Å². The number of rotatable bonds is 3. The third-order valence-electron chi connectivity index (χ3n) is 4.82. The Bertz CT molecular complexity index is 938. The highest BCUT2D eigenvalue weighted by atomic mass is 32.2. The Morgan fingerprint density at radius 1 is 1.32 bits per heavy atom. The summed E-state index contributed by atoms with van der Waals surface area (Å²) < 4.78 is 2.03. The van der Waals surface area contributed by atoms with Gasteiger partial charge in [0.1, 0.15) is 5.52 Å². The van der Waals surface area contributed by atoms with Crippen LogP contribution in [0.1, 0.15) is 19.8 Å². The number of para-hydroxylation sites is 1. The number of benzene rings is 1. The quantitative estimate of drug-likeness (QED) is 0.676. The van der Waals surface area contributed by atoms with Crippen molar-refractivity contribution in [2.24, 2.45) is 13.0 Å². The molecule has 7 heteroatoms. The minimum atomic E-state index is 0.164. The van der Waals surface area contributed by atoms with Crippen LogP contribution in [0.5, 0.6) is 0 Å². The van der Waals surface area contributed by atoms with Crippen LogP contribution in [0, 0.1) is 5.92 Å². The fraction of sp³-hybridized carbons (Fsp3) is 0.444. The predicted octanol–water partition coefficient (Wildman–Crippen LogP) is 2.87. The van der Waals surface area contributed by atoms with E-state index in [0.717, 1.165) is 41.6 Å². The van der Waals surface area contributed by atoms with Crippen LogP contribution < -0.4 is 0 Å². The van der Waals surface area contributed by atoms with Gasteiger partial charge in [-0.05, 0) is 24.8 Å². The molecule has 0 radical (unpaired) electrons. The molecule has 0 unspecified atom stereocenters. The van der Waals surface area contributed by atoms with Crippen molar-refractivity contribution in [3.05, 3.63) is 24.3 Å². The summed E-state index contributed by atoms with van der Waals surface area (Å²) in [5.74, 6) is 1.12. The van der Waals surface area contributed by atoms with Gasteiger partial charge in [0.2, 0.25) is 11.1 Å². The molecule has 1 fully saturated rings. The molecular weight excluding hydrogens is 334 g/mol. The van der Waals surface area contributed by atoms with Crippen molar-refractivity contribution in [1.29, 1.82) is 0 Å². The molecule has 6 nitrogen and oxygen atoms in total. The molecule has 0 saturated carbocycles. The first-order chi connectivity index (χ1) is 12.1. The maximum absolute atomic E-state index is 12.4. The molecule has 0 N–H and O–H groups in total. The van der Waals surface area contributed by atoms with Gasteiger partial charge in [-0.15, -0.1) is 10.2 Å². The lowest BCUT2D eigenvalue weighted by Crippen LogP contribution is -2.40. The maximum atomic E-state index is 12.4. The minimum absolute atomic E-state index is 0.164. The van der Waals surface area contributed by atoms with Crippen molar-refractivity contribution in [2.75, 3.05) is 18.8 Å². The molecule has 4 rings (SSSR count). The highest BCUT2D eigenvalue weighted by molar-refractivity contribution is 7.99. The van der Waals surface area contributed by atoms with Gasteiger partial charge in [-0.25, -0.2) is 4.98 Å². The first-order valence-electron chi connectivity index (χ1n) is 8.62. The van der Waals surface area contributed by atoms with E-state index in [1.165, 1.54) is 18.2 Å². The Morgan fingerprint density at radius 2 is 2.16 bits per heavy atom. The van der Waals surface area contributed by atoms with E-state index in [-0.39, 0.29) is 5.91 Å². The second-order valence-electron chi connectivity index (χ2n) is 6.72. The van der Waals surface area contributed by atoms with Crippen LogP contribution in [0.15, 0.2) is 29.4 Å². The van der Waals surface area contributed by atoms with E-state index in [1.54, 1.807) is 0 Å². The number of fused-ring (bicyclic) bond motifs is 3. The van der Waals surface area contributed by atoms with Crippen molar-refractivity contribution in [3.8, 4) is 0 Å². The topological polar surface area (TPSA) is 63.9 Å². The highest BCUT2D eigenvalue weighted by Gasteiger charge is 2.21. The Kier molecular flexibility index (Phi) is 4.33. The molecule has 1 saturated heterocycles. The van der Waals surface area contributed by atoms with Gasteiger partial charge in [0.15, 0.2) is 5.65 Å². The number of aromatic nitrogens is 4. The third-order valence-corrected chi connectivity index (χ3v) is 5.64. The molecule has 1 aliphatic rings. The fourth-order valence-corrected chi connectivity index (χ4v) is 4.17. The normalized spacial score (nSPS) is 18.2. The molecule has 0 bridgehead atoms. The van der Waals surface area contributed by atoms with Crippen molar-refractivity contribution in [1.82, 2.24) is 24.6 Å². The Labute approximate surface area is 150 Å². The van der Waals surface area contributed by atoms with Gasteiger partial charge in [0, 0.05) is 25.5 Å². The average Bonchev–Trinajstić information content (AvgIpc) is 2.92. The minimum Gasteiger partial charge on any atom is -0.342 e. The van der Waals surface area contributed by atoms with Gasteiger partial charge < -0.3 is 9.47 Å². The molecule has 1 atom stereocenters. The van der Waals surface area contributed by atoms with Gasteiger partial charge in [-0.1, -0.05) is 36.9 Å². The van der Waals surface area contributed by atoms with Gasteiger partial charge in [0.25, 0.3) is 0 Å². The van der Waals surface area contributed by atoms with Crippen LogP contribution in [0.3, 0.4) is 0 Å². The highest BCUT2D eigenvalue weighted by Crippen LogP contribution is 2.26. The molecule has 130 valence electrons. The summed E-state index contributed by atoms with van der Waals surface area (Å²) in [7, 11) is 1.98. The molecule has 3 heterocycles. The number of carbonyl (C=O) groups excluding carboxylic acids is 1. The largest absolute Gasteiger partial charge is 0.342 e. The molecule has 2 aromatic heterocycles. The number of amides is 1. The molecule has 25 heavy (non-hydrogen) atoms. The number of aryl methyl sites for hydroxylation is 1. The number of hydrogen-bond donors (Lipinski definition) is 0. The lowest BCUT2D eigenvalue weighted by Gasteiger charge is -2.30. The first-order valence-corrected chi connectivity index (χ1v) is 9.60. The zero-order valence-electron chi connectivity index (χ0n) is 14.5. The predicted molar refractivity (Wildman–Crippen MR) is 99.5 cm³/mol. The molecule has 1 amide bonds. The second kappa shape index (κ2) is 6.63. The summed E-state index contributed by atoms with van der Waals surface area (Å²) in [6.07, 6.45) is 2.30. The Balaban J connectivity index is 1.53. The summed E-state index contributed by atoms with van der Waals surface area (Å²) in [4.78, 5) is 19.0. The van der Waals surface area contributed by atoms with Crippen LogP contribution in [0.25, 0.3) is 22.1 Å². The maximum Gasteiger partial charge on any atom is 0.233 e. The number of carbonyl (C=O) groups is 1. The molecular formula is C18H21N5OS. The Hall–Kier alpha value is -2.15. The van der Waals surface area contributed by atoms with E-state index in [2.05, 4.69) is 22.1 Å². The second-order valence-corrected chi connectivity index (χ2v) is 7.66. The number of piperidine rings is 1. The fourth-order valence-electron chi connectivity index (χ4n) is 3.49. The van der Waals surface area contributed by atoms with E-state index >= 15 is 0 Å². The Morgan fingerprint density at radius 3 is 3.00 bits per heavy atom. The van der Waals surface area contributed by atoms with Crippen LogP contribution in [-0.4, -0.2) is 49.4 Å². The van der Waals surface area contributed by atoms with E-state index in [4.69, 9.17) is 0 Å². The molecule has 1 aliphatic heterocycles. The van der Waals surface area contributed by atoms with Crippen molar-refractivity contribution < 1.29 is 4.79 Å². The SMILES string of the molecule is C[C@@H]1CCCN(C(=O)CSc2nnc3c4ccccc4n(C)c3n2)C1. The number of nitrogens with zero attached hydrogens (tertiary/aromatic N) is 5. The lowest BCUT2D eigenvalue weighted by molar-refractivity contribution is -0.130. The van der Waals surface area contributed by atoms with Crippen LogP contribution in [-0.2, 0) is 11.8 Å². The van der Waals surface area contributed by atoms with Gasteiger partial charge >= 0.3 is 0 Å². The van der Waals surface area contributed by atoms with Gasteiger partial charge in [-0.2, -0.15) is 0 Å². The summed E-state index contributed by atoms with van der Waals surface area (Å²) in [5, 5.41) is 10.2. The van der Waals surface area contributed by atoms with E-state index < -0.39 is 0 Å². The number of likely N-dealkylation sites (tertiary alicyclic amines) is 1. The first kappa shape index (κ1) is 16.3. The van der Waals surface area contributed by atoms with E-state index in [9.17, 15) is 4.79 Å². The summed E-state index contributed by atoms with van der Waals surface area (Å²) in [6.45, 7) is 3.93. The lowest BCUT2D eigenvalue weighted by atomic mass is 10.0. The zero-order chi connectivity index (χ0) is 17.4. The molecule has 0 aliphatic carbocycles. The zero-order valence-corrected chi connectivity index (χ0v) is 15.3. The summed E-state index contributed by atoms with van der Waals surface area (Å²) >= 11 is 1.37. The third kappa shape index (κ3) is 3.08. The molecule has 0 spiro atoms. The average molecular weight is 355 g/mol. The standard InChI is InChI=1S/C18H21N5OS/c1-12-6-5-9-23(10-12)15(24)11-25-18-19-17-16(20-21-18)13-7-3-4-8-14(13)22(17)2/h3-4,7-8,12H,5-6,9-11H2,1-2H3/t12-/m1/s1. The summed E-state index contributed by atoms with van der Waals surface area (Å²) in [5.41, 5.74) is 2.69. The monoisotopic (exact) mass is 355 g/mol. The van der Waals surface area contributed by atoms with E-state index in [0.29, 0.717) is 16.8 Å². The van der Waals surface area contributed by atoms with Crippen LogP contribution in [0.4, 0.5) is 0 Å².